The molecule has 0 amide bonds. The first kappa shape index (κ1) is 10.1. The molecule has 86 valence electrons. The lowest BCUT2D eigenvalue weighted by atomic mass is 10.1. The maximum Gasteiger partial charge on any atom is 0.144 e. The normalized spacial score (nSPS) is 23.3. The minimum atomic E-state index is 0.293. The van der Waals surface area contributed by atoms with Gasteiger partial charge in [0.1, 0.15) is 12.4 Å². The van der Waals surface area contributed by atoms with Crippen LogP contribution in [0.5, 0.6) is 5.75 Å². The second-order valence-corrected chi connectivity index (χ2v) is 4.48. The number of halogens is 1. The van der Waals surface area contributed by atoms with Crippen LogP contribution in [0.15, 0.2) is 12.1 Å². The van der Waals surface area contributed by atoms with E-state index < -0.39 is 0 Å². The maximum atomic E-state index is 6.04. The van der Waals surface area contributed by atoms with Crippen LogP contribution in [0.3, 0.4) is 0 Å². The van der Waals surface area contributed by atoms with Gasteiger partial charge in [0.15, 0.2) is 0 Å². The summed E-state index contributed by atoms with van der Waals surface area (Å²) in [5, 5.41) is 0.578. The fourth-order valence-corrected chi connectivity index (χ4v) is 2.35. The standard InChI is InChI=1S/C11H13ClN2O2/c12-8-3-10-11(4-9(8)13)16-6-7-5-15-2-1-14(7)10/h3-4,7H,1-2,5-6,13H2. The van der Waals surface area contributed by atoms with Gasteiger partial charge in [-0.25, -0.2) is 0 Å². The molecule has 0 spiro atoms. The molecule has 16 heavy (non-hydrogen) atoms. The van der Waals surface area contributed by atoms with Crippen molar-refractivity contribution >= 4 is 23.0 Å². The lowest BCUT2D eigenvalue weighted by Gasteiger charge is -2.41. The molecule has 0 bridgehead atoms. The highest BCUT2D eigenvalue weighted by molar-refractivity contribution is 6.33. The van der Waals surface area contributed by atoms with Gasteiger partial charge in [-0.2, -0.15) is 0 Å². The van der Waals surface area contributed by atoms with Crippen molar-refractivity contribution in [2.75, 3.05) is 37.0 Å². The lowest BCUT2D eigenvalue weighted by molar-refractivity contribution is 0.0705. The summed E-state index contributed by atoms with van der Waals surface area (Å²) in [7, 11) is 0. The summed E-state index contributed by atoms with van der Waals surface area (Å²) >= 11 is 6.04. The van der Waals surface area contributed by atoms with Crippen molar-refractivity contribution in [2.24, 2.45) is 0 Å². The molecule has 2 aliphatic rings. The lowest BCUT2D eigenvalue weighted by Crippen LogP contribution is -2.51. The number of rotatable bonds is 0. The molecule has 0 radical (unpaired) electrons. The summed E-state index contributed by atoms with van der Waals surface area (Å²) < 4.78 is 11.1. The molecule has 1 unspecified atom stereocenters. The third kappa shape index (κ3) is 1.49. The Balaban J connectivity index is 2.04. The molecule has 1 atom stereocenters. The van der Waals surface area contributed by atoms with Crippen LogP contribution in [0.1, 0.15) is 0 Å². The molecular weight excluding hydrogens is 228 g/mol. The number of hydrogen-bond acceptors (Lipinski definition) is 4. The van der Waals surface area contributed by atoms with Crippen LogP contribution in [-0.2, 0) is 4.74 Å². The van der Waals surface area contributed by atoms with E-state index in [1.54, 1.807) is 6.07 Å². The predicted molar refractivity (Wildman–Crippen MR) is 63.3 cm³/mol. The first-order valence-corrected chi connectivity index (χ1v) is 5.70. The minimum absolute atomic E-state index is 0.293. The van der Waals surface area contributed by atoms with Gasteiger partial charge in [0.2, 0.25) is 0 Å². The van der Waals surface area contributed by atoms with Crippen LogP contribution in [0, 0.1) is 0 Å². The van der Waals surface area contributed by atoms with Gasteiger partial charge >= 0.3 is 0 Å². The van der Waals surface area contributed by atoms with E-state index in [1.165, 1.54) is 0 Å². The Labute approximate surface area is 98.9 Å². The summed E-state index contributed by atoms with van der Waals surface area (Å²) in [6.45, 7) is 2.98. The Kier molecular flexibility index (Phi) is 2.33. The second kappa shape index (κ2) is 3.71. The molecular formula is C11H13ClN2O2. The van der Waals surface area contributed by atoms with Crippen LogP contribution in [0.2, 0.25) is 5.02 Å². The molecule has 3 rings (SSSR count). The van der Waals surface area contributed by atoms with Crippen molar-refractivity contribution in [2.45, 2.75) is 6.04 Å². The molecule has 2 N–H and O–H groups in total. The maximum absolute atomic E-state index is 6.04. The van der Waals surface area contributed by atoms with E-state index in [0.717, 1.165) is 24.6 Å². The van der Waals surface area contributed by atoms with Gasteiger partial charge in [-0.3, -0.25) is 0 Å². The monoisotopic (exact) mass is 240 g/mol. The van der Waals surface area contributed by atoms with Gasteiger partial charge < -0.3 is 20.1 Å². The largest absolute Gasteiger partial charge is 0.489 e. The Morgan fingerprint density at radius 2 is 2.25 bits per heavy atom. The van der Waals surface area contributed by atoms with Crippen molar-refractivity contribution in [1.29, 1.82) is 0 Å². The van der Waals surface area contributed by atoms with E-state index in [0.29, 0.717) is 30.0 Å². The van der Waals surface area contributed by atoms with Crippen LogP contribution in [0.4, 0.5) is 11.4 Å². The highest BCUT2D eigenvalue weighted by Crippen LogP contribution is 2.39. The molecule has 1 fully saturated rings. The van der Waals surface area contributed by atoms with Crippen LogP contribution >= 0.6 is 11.6 Å². The van der Waals surface area contributed by atoms with Crippen LogP contribution in [0.25, 0.3) is 0 Å². The topological polar surface area (TPSA) is 47.7 Å². The Morgan fingerprint density at radius 3 is 3.12 bits per heavy atom. The summed E-state index contributed by atoms with van der Waals surface area (Å²) in [5.41, 5.74) is 7.35. The number of nitrogen functional groups attached to an aromatic ring is 1. The Hall–Kier alpha value is -1.13. The number of nitrogens with zero attached hydrogens (tertiary/aromatic N) is 1. The number of anilines is 2. The number of morpholine rings is 1. The van der Waals surface area contributed by atoms with E-state index in [4.69, 9.17) is 26.8 Å². The second-order valence-electron chi connectivity index (χ2n) is 4.07. The third-order valence-corrected chi connectivity index (χ3v) is 3.37. The predicted octanol–water partition coefficient (Wildman–Crippen LogP) is 1.52. The number of ether oxygens (including phenoxy) is 2. The van der Waals surface area contributed by atoms with Gasteiger partial charge in [-0.05, 0) is 6.07 Å². The average molecular weight is 241 g/mol. The van der Waals surface area contributed by atoms with E-state index in [2.05, 4.69) is 4.90 Å². The average Bonchev–Trinajstić information content (AvgIpc) is 2.31. The van der Waals surface area contributed by atoms with Gasteiger partial charge in [0, 0.05) is 12.6 Å². The molecule has 2 heterocycles. The fourth-order valence-electron chi connectivity index (χ4n) is 2.19. The van der Waals surface area contributed by atoms with Gasteiger partial charge in [0.25, 0.3) is 0 Å². The van der Waals surface area contributed by atoms with Crippen LogP contribution < -0.4 is 15.4 Å². The van der Waals surface area contributed by atoms with E-state index in [-0.39, 0.29) is 0 Å². The van der Waals surface area contributed by atoms with Crippen molar-refractivity contribution in [3.05, 3.63) is 17.2 Å². The molecule has 0 saturated carbocycles. The van der Waals surface area contributed by atoms with Crippen LogP contribution in [-0.4, -0.2) is 32.4 Å². The van der Waals surface area contributed by atoms with Gasteiger partial charge in [0.05, 0.1) is 35.7 Å². The number of benzene rings is 1. The molecule has 1 aromatic carbocycles. The summed E-state index contributed by atoms with van der Waals surface area (Å²) in [4.78, 5) is 2.29. The van der Waals surface area contributed by atoms with Crippen molar-refractivity contribution in [1.82, 2.24) is 0 Å². The Morgan fingerprint density at radius 1 is 1.38 bits per heavy atom. The summed E-state index contributed by atoms with van der Waals surface area (Å²) in [5.74, 6) is 0.819. The first-order valence-electron chi connectivity index (χ1n) is 5.32. The number of fused-ring (bicyclic) bond motifs is 3. The molecule has 4 nitrogen and oxygen atoms in total. The number of nitrogens with two attached hydrogens (primary N) is 1. The highest BCUT2D eigenvalue weighted by Gasteiger charge is 2.30. The molecule has 0 aromatic heterocycles. The number of hydrogen-bond donors (Lipinski definition) is 1. The minimum Gasteiger partial charge on any atom is -0.489 e. The van der Waals surface area contributed by atoms with Gasteiger partial charge in [-0.1, -0.05) is 11.6 Å². The van der Waals surface area contributed by atoms with Crippen molar-refractivity contribution < 1.29 is 9.47 Å². The molecule has 1 aromatic rings. The molecule has 2 aliphatic heterocycles. The SMILES string of the molecule is Nc1cc2c(cc1Cl)N1CCOCC1CO2. The zero-order chi connectivity index (χ0) is 11.1. The van der Waals surface area contributed by atoms with Gasteiger partial charge in [-0.15, -0.1) is 0 Å². The Bertz CT molecular complexity index is 425. The van der Waals surface area contributed by atoms with Crippen molar-refractivity contribution in [3.8, 4) is 5.75 Å². The first-order chi connectivity index (χ1) is 7.75. The summed E-state index contributed by atoms with van der Waals surface area (Å²) in [6, 6.07) is 3.97. The quantitative estimate of drug-likeness (QED) is 0.699. The van der Waals surface area contributed by atoms with Crippen molar-refractivity contribution in [3.63, 3.8) is 0 Å². The highest BCUT2D eigenvalue weighted by atomic mass is 35.5. The van der Waals surface area contributed by atoms with E-state index in [9.17, 15) is 0 Å². The smallest absolute Gasteiger partial charge is 0.144 e. The zero-order valence-corrected chi connectivity index (χ0v) is 9.54. The third-order valence-electron chi connectivity index (χ3n) is 3.05. The zero-order valence-electron chi connectivity index (χ0n) is 8.78. The van der Waals surface area contributed by atoms with E-state index in [1.807, 2.05) is 6.07 Å². The summed E-state index contributed by atoms with van der Waals surface area (Å²) in [6.07, 6.45) is 0. The molecule has 5 heteroatoms. The molecule has 0 aliphatic carbocycles. The molecule has 1 saturated heterocycles. The van der Waals surface area contributed by atoms with E-state index >= 15 is 0 Å². The fraction of sp³-hybridized carbons (Fsp3) is 0.455.